The Bertz CT molecular complexity index is 516. The summed E-state index contributed by atoms with van der Waals surface area (Å²) in [6.45, 7) is 7.12. The van der Waals surface area contributed by atoms with Crippen molar-refractivity contribution in [3.8, 4) is 6.07 Å². The number of rotatable bonds is 4. The number of anilines is 1. The summed E-state index contributed by atoms with van der Waals surface area (Å²) in [5.41, 5.74) is 1.64. The van der Waals surface area contributed by atoms with Gasteiger partial charge in [-0.25, -0.2) is 0 Å². The van der Waals surface area contributed by atoms with E-state index >= 15 is 0 Å². The molecule has 0 aliphatic rings. The maximum absolute atomic E-state index is 11.0. The lowest BCUT2D eigenvalue weighted by molar-refractivity contribution is -0.146. The van der Waals surface area contributed by atoms with Gasteiger partial charge in [-0.3, -0.25) is 9.78 Å². The molecule has 0 unspecified atom stereocenters. The Labute approximate surface area is 106 Å². The summed E-state index contributed by atoms with van der Waals surface area (Å²) in [7, 11) is 0. The van der Waals surface area contributed by atoms with Crippen LogP contribution < -0.4 is 5.32 Å². The molecule has 0 spiro atoms. The molecule has 2 N–H and O–H groups in total. The lowest BCUT2D eigenvalue weighted by atomic mass is 9.93. The third kappa shape index (κ3) is 2.98. The Balaban J connectivity index is 2.99. The summed E-state index contributed by atoms with van der Waals surface area (Å²) >= 11 is 0. The molecule has 1 rings (SSSR count). The van der Waals surface area contributed by atoms with Gasteiger partial charge in [-0.1, -0.05) is 0 Å². The van der Waals surface area contributed by atoms with Gasteiger partial charge < -0.3 is 10.4 Å². The fraction of sp³-hybridized carbons (Fsp3) is 0.462. The van der Waals surface area contributed by atoms with Crippen molar-refractivity contribution in [3.05, 3.63) is 23.0 Å². The number of nitriles is 1. The van der Waals surface area contributed by atoms with Gasteiger partial charge in [-0.2, -0.15) is 5.26 Å². The first-order valence-electron chi connectivity index (χ1n) is 5.63. The largest absolute Gasteiger partial charge is 0.481 e. The van der Waals surface area contributed by atoms with Crippen molar-refractivity contribution in [2.75, 3.05) is 11.9 Å². The van der Waals surface area contributed by atoms with Crippen LogP contribution in [-0.4, -0.2) is 22.6 Å². The zero-order valence-corrected chi connectivity index (χ0v) is 11.0. The van der Waals surface area contributed by atoms with Crippen molar-refractivity contribution in [1.82, 2.24) is 4.98 Å². The second-order valence-electron chi connectivity index (χ2n) is 4.93. The van der Waals surface area contributed by atoms with Crippen LogP contribution >= 0.6 is 0 Å². The highest BCUT2D eigenvalue weighted by Gasteiger charge is 2.27. The molecule has 0 fully saturated rings. The van der Waals surface area contributed by atoms with E-state index in [2.05, 4.69) is 16.4 Å². The average molecular weight is 247 g/mol. The van der Waals surface area contributed by atoms with Crippen LogP contribution in [0.5, 0.6) is 0 Å². The number of aliphatic carboxylic acids is 1. The third-order valence-electron chi connectivity index (χ3n) is 2.74. The minimum atomic E-state index is -0.891. The Morgan fingerprint density at radius 1 is 1.56 bits per heavy atom. The standard InChI is InChI=1S/C13H17N3O2/c1-8-5-11(10(6-14)9(2)16-8)15-7-13(3,4)12(17)18/h5H,7H2,1-4H3,(H,15,16)(H,17,18). The highest BCUT2D eigenvalue weighted by atomic mass is 16.4. The van der Waals surface area contributed by atoms with Crippen molar-refractivity contribution in [1.29, 1.82) is 5.26 Å². The number of carbonyl (C=O) groups is 1. The monoisotopic (exact) mass is 247 g/mol. The quantitative estimate of drug-likeness (QED) is 0.850. The van der Waals surface area contributed by atoms with Crippen LogP contribution in [0.25, 0.3) is 0 Å². The van der Waals surface area contributed by atoms with Gasteiger partial charge in [0.05, 0.1) is 22.4 Å². The average Bonchev–Trinajstić information content (AvgIpc) is 2.25. The summed E-state index contributed by atoms with van der Waals surface area (Å²) in [5.74, 6) is -0.879. The molecule has 0 aliphatic heterocycles. The maximum atomic E-state index is 11.0. The summed E-state index contributed by atoms with van der Waals surface area (Å²) in [4.78, 5) is 15.2. The molecule has 5 heteroatoms. The lowest BCUT2D eigenvalue weighted by Crippen LogP contribution is -2.32. The number of carboxylic acids is 1. The Kier molecular flexibility index (Phi) is 3.92. The van der Waals surface area contributed by atoms with E-state index in [1.807, 2.05) is 6.92 Å². The molecule has 0 bridgehead atoms. The van der Waals surface area contributed by atoms with Gasteiger partial charge in [-0.15, -0.1) is 0 Å². The molecule has 5 nitrogen and oxygen atoms in total. The smallest absolute Gasteiger partial charge is 0.310 e. The number of carboxylic acid groups (broad SMARTS) is 1. The van der Waals surface area contributed by atoms with Crippen LogP contribution in [0.1, 0.15) is 30.8 Å². The first kappa shape index (κ1) is 14.0. The van der Waals surface area contributed by atoms with E-state index in [1.165, 1.54) is 0 Å². The van der Waals surface area contributed by atoms with Gasteiger partial charge >= 0.3 is 5.97 Å². The number of hydrogen-bond acceptors (Lipinski definition) is 4. The van der Waals surface area contributed by atoms with E-state index in [-0.39, 0.29) is 6.54 Å². The van der Waals surface area contributed by atoms with E-state index < -0.39 is 11.4 Å². The molecular weight excluding hydrogens is 230 g/mol. The molecule has 18 heavy (non-hydrogen) atoms. The van der Waals surface area contributed by atoms with E-state index in [0.29, 0.717) is 16.9 Å². The summed E-state index contributed by atoms with van der Waals surface area (Å²) in [6, 6.07) is 3.84. The first-order chi connectivity index (χ1) is 8.27. The third-order valence-corrected chi connectivity index (χ3v) is 2.74. The Morgan fingerprint density at radius 2 is 2.17 bits per heavy atom. The molecule has 0 aliphatic carbocycles. The molecule has 0 atom stereocenters. The highest BCUT2D eigenvalue weighted by Crippen LogP contribution is 2.22. The van der Waals surface area contributed by atoms with Gasteiger partial charge in [0, 0.05) is 12.2 Å². The summed E-state index contributed by atoms with van der Waals surface area (Å²) < 4.78 is 0. The summed E-state index contributed by atoms with van der Waals surface area (Å²) in [5, 5.41) is 21.1. The van der Waals surface area contributed by atoms with Gasteiger partial charge in [0.1, 0.15) is 6.07 Å². The van der Waals surface area contributed by atoms with Crippen LogP contribution in [0, 0.1) is 30.6 Å². The SMILES string of the molecule is Cc1cc(NCC(C)(C)C(=O)O)c(C#N)c(C)n1. The predicted molar refractivity (Wildman–Crippen MR) is 68.3 cm³/mol. The molecule has 0 aromatic carbocycles. The molecular formula is C13H17N3O2. The Morgan fingerprint density at radius 3 is 2.67 bits per heavy atom. The van der Waals surface area contributed by atoms with Gasteiger partial charge in [0.15, 0.2) is 0 Å². The van der Waals surface area contributed by atoms with Crippen LogP contribution in [-0.2, 0) is 4.79 Å². The van der Waals surface area contributed by atoms with Gasteiger partial charge in [0.2, 0.25) is 0 Å². The van der Waals surface area contributed by atoms with E-state index in [1.54, 1.807) is 26.8 Å². The van der Waals surface area contributed by atoms with E-state index in [9.17, 15) is 4.79 Å². The number of pyridine rings is 1. The van der Waals surface area contributed by atoms with Crippen molar-refractivity contribution in [2.24, 2.45) is 5.41 Å². The van der Waals surface area contributed by atoms with Crippen LogP contribution in [0.15, 0.2) is 6.07 Å². The Hall–Kier alpha value is -2.09. The minimum absolute atomic E-state index is 0.250. The minimum Gasteiger partial charge on any atom is -0.481 e. The van der Waals surface area contributed by atoms with Crippen molar-refractivity contribution < 1.29 is 9.90 Å². The molecule has 0 amide bonds. The maximum Gasteiger partial charge on any atom is 0.310 e. The summed E-state index contributed by atoms with van der Waals surface area (Å²) in [6.07, 6.45) is 0. The zero-order valence-electron chi connectivity index (χ0n) is 11.0. The molecule has 0 saturated heterocycles. The molecule has 1 aromatic rings. The van der Waals surface area contributed by atoms with Crippen LogP contribution in [0.3, 0.4) is 0 Å². The van der Waals surface area contributed by atoms with Crippen LogP contribution in [0.2, 0.25) is 0 Å². The number of nitrogens with zero attached hydrogens (tertiary/aromatic N) is 2. The van der Waals surface area contributed by atoms with E-state index in [4.69, 9.17) is 10.4 Å². The number of hydrogen-bond donors (Lipinski definition) is 2. The first-order valence-corrected chi connectivity index (χ1v) is 5.63. The molecule has 0 saturated carbocycles. The number of nitrogens with one attached hydrogen (secondary N) is 1. The van der Waals surface area contributed by atoms with Gasteiger partial charge in [0.25, 0.3) is 0 Å². The lowest BCUT2D eigenvalue weighted by Gasteiger charge is -2.21. The number of aryl methyl sites for hydroxylation is 2. The molecule has 0 radical (unpaired) electrons. The number of aromatic nitrogens is 1. The van der Waals surface area contributed by atoms with Crippen molar-refractivity contribution in [3.63, 3.8) is 0 Å². The topological polar surface area (TPSA) is 86.0 Å². The fourth-order valence-electron chi connectivity index (χ4n) is 1.50. The van der Waals surface area contributed by atoms with Crippen molar-refractivity contribution in [2.45, 2.75) is 27.7 Å². The van der Waals surface area contributed by atoms with Gasteiger partial charge in [-0.05, 0) is 33.8 Å². The van der Waals surface area contributed by atoms with E-state index in [0.717, 1.165) is 5.69 Å². The second-order valence-corrected chi connectivity index (χ2v) is 4.93. The highest BCUT2D eigenvalue weighted by molar-refractivity contribution is 5.74. The zero-order chi connectivity index (χ0) is 13.9. The molecule has 1 heterocycles. The molecule has 1 aromatic heterocycles. The van der Waals surface area contributed by atoms with Crippen LogP contribution in [0.4, 0.5) is 5.69 Å². The normalized spacial score (nSPS) is 10.8. The molecule has 96 valence electrons. The predicted octanol–water partition coefficient (Wildman–Crippen LogP) is 2.09. The van der Waals surface area contributed by atoms with Crippen molar-refractivity contribution >= 4 is 11.7 Å². The fourth-order valence-corrected chi connectivity index (χ4v) is 1.50. The second kappa shape index (κ2) is 5.05.